The molecule has 0 saturated heterocycles. The number of benzene rings is 1. The van der Waals surface area contributed by atoms with Gasteiger partial charge in [-0.1, -0.05) is 11.6 Å². The molecule has 2 N–H and O–H groups in total. The monoisotopic (exact) mass is 292 g/mol. The molecule has 0 aromatic heterocycles. The van der Waals surface area contributed by atoms with Crippen LogP contribution in [0.15, 0.2) is 36.2 Å². The zero-order valence-electron chi connectivity index (χ0n) is 9.34. The molecule has 19 heavy (non-hydrogen) atoms. The Labute approximate surface area is 111 Å². The Morgan fingerprint density at radius 1 is 1.05 bits per heavy atom. The van der Waals surface area contributed by atoms with E-state index in [4.69, 9.17) is 11.6 Å². The Bertz CT molecular complexity index is 513. The number of nitrogens with one attached hydrogen (secondary N) is 2. The average Bonchev–Trinajstić information content (AvgIpc) is 2.36. The molecule has 0 unspecified atom stereocenters. The molecule has 0 atom stereocenters. The Morgan fingerprint density at radius 3 is 2.16 bits per heavy atom. The van der Waals surface area contributed by atoms with E-state index in [1.807, 2.05) is 5.43 Å². The Balaban J connectivity index is 2.49. The fourth-order valence-corrected chi connectivity index (χ4v) is 1.18. The molecule has 4 nitrogen and oxygen atoms in total. The molecular weight excluding hydrogens is 285 g/mol. The van der Waals surface area contributed by atoms with Crippen LogP contribution >= 0.6 is 11.6 Å². The van der Waals surface area contributed by atoms with Gasteiger partial charge in [-0.3, -0.25) is 20.4 Å². The van der Waals surface area contributed by atoms with E-state index < -0.39 is 30.1 Å². The normalized spacial score (nSPS) is 9.68. The molecule has 0 heterocycles. The summed E-state index contributed by atoms with van der Waals surface area (Å²) in [5.74, 6) is -3.64. The maximum atomic E-state index is 12.4. The molecule has 0 spiro atoms. The number of carbonyl (C=O) groups is 2. The minimum atomic E-state index is -2.57. The van der Waals surface area contributed by atoms with Crippen molar-refractivity contribution >= 4 is 23.4 Å². The van der Waals surface area contributed by atoms with E-state index in [9.17, 15) is 22.8 Å². The predicted octanol–water partition coefficient (Wildman–Crippen LogP) is 2.57. The second-order valence-electron chi connectivity index (χ2n) is 3.35. The first-order valence-corrected chi connectivity index (χ1v) is 5.32. The van der Waals surface area contributed by atoms with Gasteiger partial charge >= 0.3 is 6.08 Å². The van der Waals surface area contributed by atoms with Gasteiger partial charge in [0.2, 0.25) is 5.91 Å². The number of carbonyl (C=O) groups excluding carboxylic acids is 2. The standard InChI is InChI=1S/C11H8ClF3N2O2/c12-7-3-1-6(2-4-7)11(19)17-16-9(18)5-8(13)10(14)15/h1-4H,5H2,(H,16,18)(H,17,19). The van der Waals surface area contributed by atoms with Gasteiger partial charge in [0.05, 0.1) is 6.42 Å². The summed E-state index contributed by atoms with van der Waals surface area (Å²) >= 11 is 5.61. The van der Waals surface area contributed by atoms with Crippen molar-refractivity contribution in [1.29, 1.82) is 0 Å². The first-order valence-electron chi connectivity index (χ1n) is 4.94. The molecule has 0 aliphatic carbocycles. The van der Waals surface area contributed by atoms with Crippen LogP contribution in [0.5, 0.6) is 0 Å². The zero-order valence-corrected chi connectivity index (χ0v) is 10.1. The van der Waals surface area contributed by atoms with Gasteiger partial charge in [0.1, 0.15) is 0 Å². The van der Waals surface area contributed by atoms with E-state index in [0.29, 0.717) is 5.02 Å². The number of hydrogen-bond acceptors (Lipinski definition) is 2. The number of hydrogen-bond donors (Lipinski definition) is 2. The third kappa shape index (κ3) is 5.01. The maximum absolute atomic E-state index is 12.4. The summed E-state index contributed by atoms with van der Waals surface area (Å²) in [6.45, 7) is 0. The van der Waals surface area contributed by atoms with E-state index in [1.165, 1.54) is 24.3 Å². The lowest BCUT2D eigenvalue weighted by Gasteiger charge is -2.06. The molecule has 1 rings (SSSR count). The molecule has 1 aromatic carbocycles. The topological polar surface area (TPSA) is 58.2 Å². The molecule has 0 saturated carbocycles. The molecule has 2 amide bonds. The lowest BCUT2D eigenvalue weighted by atomic mass is 10.2. The molecule has 102 valence electrons. The summed E-state index contributed by atoms with van der Waals surface area (Å²) in [5, 5.41) is 0.422. The van der Waals surface area contributed by atoms with E-state index >= 15 is 0 Å². The molecule has 8 heteroatoms. The van der Waals surface area contributed by atoms with Gasteiger partial charge in [-0.2, -0.15) is 8.78 Å². The van der Waals surface area contributed by atoms with Gasteiger partial charge in [0, 0.05) is 10.6 Å². The van der Waals surface area contributed by atoms with E-state index in [1.54, 1.807) is 5.43 Å². The second-order valence-corrected chi connectivity index (χ2v) is 3.79. The Hall–Kier alpha value is -2.02. The van der Waals surface area contributed by atoms with Crippen LogP contribution < -0.4 is 10.9 Å². The molecule has 0 aliphatic rings. The van der Waals surface area contributed by atoms with E-state index in [-0.39, 0.29) is 5.56 Å². The van der Waals surface area contributed by atoms with Crippen molar-refractivity contribution in [2.75, 3.05) is 0 Å². The van der Waals surface area contributed by atoms with Crippen molar-refractivity contribution in [3.8, 4) is 0 Å². The smallest absolute Gasteiger partial charge is 0.273 e. The van der Waals surface area contributed by atoms with Gasteiger partial charge < -0.3 is 0 Å². The molecule has 0 radical (unpaired) electrons. The molecule has 0 bridgehead atoms. The van der Waals surface area contributed by atoms with E-state index in [0.717, 1.165) is 0 Å². The van der Waals surface area contributed by atoms with Gasteiger partial charge in [-0.15, -0.1) is 0 Å². The minimum absolute atomic E-state index is 0.192. The first-order chi connectivity index (χ1) is 8.90. The lowest BCUT2D eigenvalue weighted by molar-refractivity contribution is -0.121. The van der Waals surface area contributed by atoms with Crippen LogP contribution in [-0.4, -0.2) is 11.8 Å². The van der Waals surface area contributed by atoms with Crippen LogP contribution in [0, 0.1) is 0 Å². The van der Waals surface area contributed by atoms with E-state index in [2.05, 4.69) is 0 Å². The van der Waals surface area contributed by atoms with Gasteiger partial charge in [0.25, 0.3) is 5.91 Å². The van der Waals surface area contributed by atoms with Crippen LogP contribution in [0.25, 0.3) is 0 Å². The highest BCUT2D eigenvalue weighted by Crippen LogP contribution is 2.12. The summed E-state index contributed by atoms with van der Waals surface area (Å²) in [4.78, 5) is 22.5. The minimum Gasteiger partial charge on any atom is -0.273 e. The van der Waals surface area contributed by atoms with Crippen molar-refractivity contribution in [3.63, 3.8) is 0 Å². The SMILES string of the molecule is O=C(CC(F)=C(F)F)NNC(=O)c1ccc(Cl)cc1. The quantitative estimate of drug-likeness (QED) is 0.841. The van der Waals surface area contributed by atoms with Crippen LogP contribution in [-0.2, 0) is 4.79 Å². The van der Waals surface area contributed by atoms with Gasteiger partial charge in [0.15, 0.2) is 5.83 Å². The maximum Gasteiger partial charge on any atom is 0.302 e. The Kier molecular flexibility index (Phi) is 5.37. The van der Waals surface area contributed by atoms with Crippen LogP contribution in [0.4, 0.5) is 13.2 Å². The lowest BCUT2D eigenvalue weighted by Crippen LogP contribution is -2.41. The number of amides is 2. The molecule has 1 aromatic rings. The van der Waals surface area contributed by atoms with Crippen molar-refractivity contribution in [2.24, 2.45) is 0 Å². The van der Waals surface area contributed by atoms with Crippen molar-refractivity contribution in [2.45, 2.75) is 6.42 Å². The fraction of sp³-hybridized carbons (Fsp3) is 0.0909. The van der Waals surface area contributed by atoms with Crippen molar-refractivity contribution in [3.05, 3.63) is 46.8 Å². The highest BCUT2D eigenvalue weighted by molar-refractivity contribution is 6.30. The Morgan fingerprint density at radius 2 is 1.63 bits per heavy atom. The van der Waals surface area contributed by atoms with Crippen molar-refractivity contribution < 1.29 is 22.8 Å². The first kappa shape index (κ1) is 15.0. The number of hydrazine groups is 1. The third-order valence-electron chi connectivity index (χ3n) is 1.94. The predicted molar refractivity (Wildman–Crippen MR) is 62.0 cm³/mol. The van der Waals surface area contributed by atoms with Crippen LogP contribution in [0.3, 0.4) is 0 Å². The summed E-state index contributed by atoms with van der Waals surface area (Å²) in [7, 11) is 0. The summed E-state index contributed by atoms with van der Waals surface area (Å²) < 4.78 is 35.8. The molecular formula is C11H8ClF3N2O2. The third-order valence-corrected chi connectivity index (χ3v) is 2.19. The molecule has 0 aliphatic heterocycles. The number of halogens is 4. The van der Waals surface area contributed by atoms with Crippen LogP contribution in [0.2, 0.25) is 5.02 Å². The molecule has 0 fully saturated rings. The number of rotatable bonds is 3. The fourth-order valence-electron chi connectivity index (χ4n) is 1.05. The van der Waals surface area contributed by atoms with Crippen LogP contribution in [0.1, 0.15) is 16.8 Å². The second kappa shape index (κ2) is 6.79. The zero-order chi connectivity index (χ0) is 14.4. The van der Waals surface area contributed by atoms with Gasteiger partial charge in [-0.05, 0) is 24.3 Å². The average molecular weight is 293 g/mol. The summed E-state index contributed by atoms with van der Waals surface area (Å²) in [6.07, 6.45) is -3.72. The summed E-state index contributed by atoms with van der Waals surface area (Å²) in [5.41, 5.74) is 3.94. The summed E-state index contributed by atoms with van der Waals surface area (Å²) in [6, 6.07) is 5.70. The largest absolute Gasteiger partial charge is 0.302 e. The van der Waals surface area contributed by atoms with Gasteiger partial charge in [-0.25, -0.2) is 4.39 Å². The van der Waals surface area contributed by atoms with Crippen molar-refractivity contribution in [1.82, 2.24) is 10.9 Å². The highest BCUT2D eigenvalue weighted by Gasteiger charge is 2.12. The highest BCUT2D eigenvalue weighted by atomic mass is 35.5.